The average molecular weight is 234 g/mol. The summed E-state index contributed by atoms with van der Waals surface area (Å²) in [6, 6.07) is 7.69. The summed E-state index contributed by atoms with van der Waals surface area (Å²) in [6.45, 7) is 1.54. The van der Waals surface area contributed by atoms with Gasteiger partial charge in [-0.15, -0.1) is 0 Å². The van der Waals surface area contributed by atoms with Crippen molar-refractivity contribution in [1.29, 1.82) is 0 Å². The van der Waals surface area contributed by atoms with Crippen LogP contribution in [0, 0.1) is 5.82 Å². The molecule has 0 fully saturated rings. The summed E-state index contributed by atoms with van der Waals surface area (Å²) in [5.41, 5.74) is 0.697. The summed E-state index contributed by atoms with van der Waals surface area (Å²) < 4.78 is 14.9. The van der Waals surface area contributed by atoms with E-state index in [2.05, 4.69) is 5.10 Å². The second-order valence-corrected chi connectivity index (χ2v) is 3.68. The molecule has 0 radical (unpaired) electrons. The highest BCUT2D eigenvalue weighted by molar-refractivity contribution is 5.75. The molecule has 17 heavy (non-hydrogen) atoms. The SMILES string of the molecule is CC(C(=O)O)c1ccnn1-c1ccccc1F. The van der Waals surface area contributed by atoms with Gasteiger partial charge in [-0.1, -0.05) is 12.1 Å². The van der Waals surface area contributed by atoms with Crippen molar-refractivity contribution in [2.75, 3.05) is 0 Å². The third-order valence-corrected chi connectivity index (χ3v) is 2.57. The summed E-state index contributed by atoms with van der Waals surface area (Å²) >= 11 is 0. The lowest BCUT2D eigenvalue weighted by Crippen LogP contribution is -2.13. The summed E-state index contributed by atoms with van der Waals surface area (Å²) in [5, 5.41) is 12.9. The third kappa shape index (κ3) is 2.04. The molecule has 5 heteroatoms. The highest BCUT2D eigenvalue weighted by Gasteiger charge is 2.20. The van der Waals surface area contributed by atoms with Crippen LogP contribution in [0.1, 0.15) is 18.5 Å². The number of nitrogens with zero attached hydrogens (tertiary/aromatic N) is 2. The Hall–Kier alpha value is -2.17. The number of para-hydroxylation sites is 1. The number of carbonyl (C=O) groups is 1. The molecule has 2 aromatic rings. The molecule has 0 saturated heterocycles. The maximum atomic E-state index is 13.6. The zero-order valence-corrected chi connectivity index (χ0v) is 9.17. The lowest BCUT2D eigenvalue weighted by Gasteiger charge is -2.11. The number of aliphatic carboxylic acids is 1. The Balaban J connectivity index is 2.51. The minimum Gasteiger partial charge on any atom is -0.481 e. The number of halogens is 1. The van der Waals surface area contributed by atoms with Crippen molar-refractivity contribution in [3.63, 3.8) is 0 Å². The zero-order chi connectivity index (χ0) is 12.4. The minimum absolute atomic E-state index is 0.251. The molecule has 1 aromatic heterocycles. The largest absolute Gasteiger partial charge is 0.481 e. The van der Waals surface area contributed by atoms with Gasteiger partial charge in [0.05, 0.1) is 11.6 Å². The number of benzene rings is 1. The van der Waals surface area contributed by atoms with Crippen molar-refractivity contribution in [3.8, 4) is 5.69 Å². The predicted octanol–water partition coefficient (Wildman–Crippen LogP) is 2.20. The summed E-state index contributed by atoms with van der Waals surface area (Å²) in [4.78, 5) is 10.9. The maximum Gasteiger partial charge on any atom is 0.312 e. The van der Waals surface area contributed by atoms with Crippen molar-refractivity contribution in [1.82, 2.24) is 9.78 Å². The second kappa shape index (κ2) is 4.37. The van der Waals surface area contributed by atoms with E-state index in [1.165, 1.54) is 23.9 Å². The molecule has 0 aliphatic heterocycles. The van der Waals surface area contributed by atoms with Crippen LogP contribution >= 0.6 is 0 Å². The molecule has 0 aliphatic carbocycles. The summed E-state index contributed by atoms with van der Waals surface area (Å²) in [7, 11) is 0. The lowest BCUT2D eigenvalue weighted by atomic mass is 10.1. The van der Waals surface area contributed by atoms with E-state index in [0.717, 1.165) is 0 Å². The van der Waals surface area contributed by atoms with E-state index in [1.54, 1.807) is 24.3 Å². The molecule has 1 aromatic carbocycles. The Morgan fingerprint density at radius 2 is 2.12 bits per heavy atom. The Morgan fingerprint density at radius 1 is 1.41 bits per heavy atom. The van der Waals surface area contributed by atoms with Crippen molar-refractivity contribution in [2.24, 2.45) is 0 Å². The van der Waals surface area contributed by atoms with E-state index in [-0.39, 0.29) is 5.69 Å². The Bertz CT molecular complexity index is 551. The van der Waals surface area contributed by atoms with Gasteiger partial charge in [0.15, 0.2) is 0 Å². The van der Waals surface area contributed by atoms with Crippen molar-refractivity contribution >= 4 is 5.97 Å². The first-order valence-electron chi connectivity index (χ1n) is 5.13. The van der Waals surface area contributed by atoms with Gasteiger partial charge in [0, 0.05) is 6.20 Å². The number of carboxylic acids is 1. The molecule has 0 saturated carbocycles. The van der Waals surface area contributed by atoms with E-state index in [0.29, 0.717) is 5.69 Å². The smallest absolute Gasteiger partial charge is 0.312 e. The molecule has 0 spiro atoms. The standard InChI is InChI=1S/C12H11FN2O2/c1-8(12(16)17)10-6-7-14-15(10)11-5-3-2-4-9(11)13/h2-8H,1H3,(H,16,17). The van der Waals surface area contributed by atoms with E-state index in [4.69, 9.17) is 5.11 Å². The molecule has 1 unspecified atom stereocenters. The predicted molar refractivity (Wildman–Crippen MR) is 59.6 cm³/mol. The molecule has 0 amide bonds. The van der Waals surface area contributed by atoms with Crippen LogP contribution in [-0.2, 0) is 4.79 Å². The van der Waals surface area contributed by atoms with Gasteiger partial charge in [-0.2, -0.15) is 5.10 Å². The number of hydrogen-bond acceptors (Lipinski definition) is 2. The highest BCUT2D eigenvalue weighted by Crippen LogP contribution is 2.20. The molecule has 1 N–H and O–H groups in total. The molecule has 88 valence electrons. The van der Waals surface area contributed by atoms with E-state index >= 15 is 0 Å². The number of hydrogen-bond donors (Lipinski definition) is 1. The van der Waals surface area contributed by atoms with Crippen molar-refractivity contribution < 1.29 is 14.3 Å². The van der Waals surface area contributed by atoms with Crippen LogP contribution in [0.25, 0.3) is 5.69 Å². The van der Waals surface area contributed by atoms with Crippen molar-refractivity contribution in [3.05, 3.63) is 48.0 Å². The molecule has 1 atom stereocenters. The minimum atomic E-state index is -0.969. The number of aromatic nitrogens is 2. The molecule has 4 nitrogen and oxygen atoms in total. The van der Waals surface area contributed by atoms with Gasteiger partial charge in [0.1, 0.15) is 11.5 Å². The van der Waals surface area contributed by atoms with Crippen molar-refractivity contribution in [2.45, 2.75) is 12.8 Å². The van der Waals surface area contributed by atoms with E-state index in [9.17, 15) is 9.18 Å². The topological polar surface area (TPSA) is 55.1 Å². The summed E-state index contributed by atoms with van der Waals surface area (Å²) in [6.07, 6.45) is 1.46. The van der Waals surface area contributed by atoms with Crippen LogP contribution in [0.2, 0.25) is 0 Å². The first-order valence-corrected chi connectivity index (χ1v) is 5.13. The first-order chi connectivity index (χ1) is 8.11. The van der Waals surface area contributed by atoms with Gasteiger partial charge >= 0.3 is 5.97 Å². The van der Waals surface area contributed by atoms with Crippen LogP contribution in [0.3, 0.4) is 0 Å². The van der Waals surface area contributed by atoms with Gasteiger partial charge in [0.2, 0.25) is 0 Å². The molecular formula is C12H11FN2O2. The van der Waals surface area contributed by atoms with Gasteiger partial charge in [-0.05, 0) is 25.1 Å². The van der Waals surface area contributed by atoms with Gasteiger partial charge in [0.25, 0.3) is 0 Å². The Kier molecular flexibility index (Phi) is 2.91. The lowest BCUT2D eigenvalue weighted by molar-refractivity contribution is -0.138. The monoisotopic (exact) mass is 234 g/mol. The summed E-state index contributed by atoms with van der Waals surface area (Å²) in [5.74, 6) is -2.14. The molecular weight excluding hydrogens is 223 g/mol. The number of rotatable bonds is 3. The molecule has 0 aliphatic rings. The second-order valence-electron chi connectivity index (χ2n) is 3.68. The normalized spacial score (nSPS) is 12.4. The molecule has 0 bridgehead atoms. The number of carboxylic acid groups (broad SMARTS) is 1. The average Bonchev–Trinajstić information content (AvgIpc) is 2.77. The maximum absolute atomic E-state index is 13.6. The van der Waals surface area contributed by atoms with Gasteiger partial charge < -0.3 is 5.11 Å². The fourth-order valence-electron chi connectivity index (χ4n) is 1.59. The van der Waals surface area contributed by atoms with Gasteiger partial charge in [-0.25, -0.2) is 9.07 Å². The van der Waals surface area contributed by atoms with Crippen LogP contribution < -0.4 is 0 Å². The third-order valence-electron chi connectivity index (χ3n) is 2.57. The fourth-order valence-corrected chi connectivity index (χ4v) is 1.59. The molecule has 2 rings (SSSR count). The highest BCUT2D eigenvalue weighted by atomic mass is 19.1. The fraction of sp³-hybridized carbons (Fsp3) is 0.167. The van der Waals surface area contributed by atoms with Crippen LogP contribution in [0.15, 0.2) is 36.5 Å². The zero-order valence-electron chi connectivity index (χ0n) is 9.17. The Labute approximate surface area is 97.3 Å². The Morgan fingerprint density at radius 3 is 2.76 bits per heavy atom. The van der Waals surface area contributed by atoms with Crippen LogP contribution in [0.5, 0.6) is 0 Å². The quantitative estimate of drug-likeness (QED) is 0.885. The van der Waals surface area contributed by atoms with E-state index in [1.807, 2.05) is 0 Å². The first kappa shape index (κ1) is 11.3. The van der Waals surface area contributed by atoms with Crippen LogP contribution in [0.4, 0.5) is 4.39 Å². The van der Waals surface area contributed by atoms with E-state index < -0.39 is 17.7 Å². The van der Waals surface area contributed by atoms with Gasteiger partial charge in [-0.3, -0.25) is 4.79 Å². The van der Waals surface area contributed by atoms with Crippen LogP contribution in [-0.4, -0.2) is 20.9 Å². The molecule has 1 heterocycles.